The van der Waals surface area contributed by atoms with E-state index in [2.05, 4.69) is 0 Å². The van der Waals surface area contributed by atoms with Gasteiger partial charge in [0, 0.05) is 10.0 Å². The van der Waals surface area contributed by atoms with Crippen LogP contribution in [0.3, 0.4) is 0 Å². The predicted octanol–water partition coefficient (Wildman–Crippen LogP) is 4.34. The fraction of sp³-hybridized carbons (Fsp3) is 0.409. The average molecular weight is 499 g/mol. The third-order valence-electron chi connectivity index (χ3n) is 5.10. The Morgan fingerprint density at radius 2 is 1.84 bits per heavy atom. The van der Waals surface area contributed by atoms with Crippen LogP contribution in [0.15, 0.2) is 40.2 Å². The summed E-state index contributed by atoms with van der Waals surface area (Å²) in [6.07, 6.45) is 1.48. The van der Waals surface area contributed by atoms with Gasteiger partial charge in [0.15, 0.2) is 0 Å². The maximum atomic E-state index is 13.2. The maximum Gasteiger partial charge on any atom is 0.338 e. The van der Waals surface area contributed by atoms with Gasteiger partial charge in [-0.2, -0.15) is 0 Å². The number of rotatable bonds is 7. The van der Waals surface area contributed by atoms with E-state index in [1.807, 2.05) is 6.92 Å². The van der Waals surface area contributed by atoms with Gasteiger partial charge in [0.05, 0.1) is 40.6 Å². The number of hydrogen-bond donors (Lipinski definition) is 1. The van der Waals surface area contributed by atoms with Crippen LogP contribution in [-0.2, 0) is 23.9 Å². The van der Waals surface area contributed by atoms with Gasteiger partial charge >= 0.3 is 11.9 Å². The van der Waals surface area contributed by atoms with Crippen LogP contribution in [0.1, 0.15) is 45.1 Å². The van der Waals surface area contributed by atoms with Gasteiger partial charge in [-0.1, -0.05) is 54.4 Å². The van der Waals surface area contributed by atoms with Gasteiger partial charge in [0.2, 0.25) is 5.91 Å². The molecule has 0 aliphatic carbocycles. The van der Waals surface area contributed by atoms with Gasteiger partial charge in [-0.15, -0.1) is 0 Å². The number of nitrogens with zero attached hydrogens (tertiary/aromatic N) is 1. The molecule has 10 heteroatoms. The van der Waals surface area contributed by atoms with Gasteiger partial charge < -0.3 is 15.2 Å². The van der Waals surface area contributed by atoms with Crippen LogP contribution in [-0.4, -0.2) is 41.2 Å². The molecule has 172 valence electrons. The minimum Gasteiger partial charge on any atom is -0.463 e. The minimum atomic E-state index is -0.982. The molecule has 1 saturated heterocycles. The van der Waals surface area contributed by atoms with E-state index < -0.39 is 23.1 Å². The third kappa shape index (κ3) is 4.49. The van der Waals surface area contributed by atoms with Crippen molar-refractivity contribution in [1.29, 1.82) is 0 Å². The largest absolute Gasteiger partial charge is 0.463 e. The van der Waals surface area contributed by atoms with Crippen molar-refractivity contribution in [3.8, 4) is 0 Å². The monoisotopic (exact) mass is 498 g/mol. The molecule has 2 aliphatic rings. The normalized spacial score (nSPS) is 20.5. The number of benzene rings is 1. The SMILES string of the molecule is CCCCOC(=O)C1=C(N)N2C(=O)[C@@H](C)SC2=C(C(=O)OCC)[C@H]1c1ccc(Cl)cc1Cl. The summed E-state index contributed by atoms with van der Waals surface area (Å²) >= 11 is 13.7. The smallest absolute Gasteiger partial charge is 0.338 e. The minimum absolute atomic E-state index is 0.0276. The number of unbranched alkanes of at least 4 members (excludes halogenated alkanes) is 1. The van der Waals surface area contributed by atoms with Crippen molar-refractivity contribution >= 4 is 52.8 Å². The van der Waals surface area contributed by atoms with Gasteiger partial charge in [0.1, 0.15) is 5.82 Å². The summed E-state index contributed by atoms with van der Waals surface area (Å²) in [7, 11) is 0. The lowest BCUT2D eigenvalue weighted by Gasteiger charge is -2.33. The number of ether oxygens (including phenoxy) is 2. The van der Waals surface area contributed by atoms with E-state index in [1.54, 1.807) is 26.0 Å². The zero-order valence-corrected chi connectivity index (χ0v) is 20.3. The first kappa shape index (κ1) is 24.5. The Bertz CT molecular complexity index is 1020. The molecule has 1 fully saturated rings. The molecule has 1 aromatic rings. The Balaban J connectivity index is 2.26. The number of carbonyl (C=O) groups is 3. The first-order valence-corrected chi connectivity index (χ1v) is 11.9. The molecule has 2 atom stereocenters. The molecule has 0 aromatic heterocycles. The van der Waals surface area contributed by atoms with Gasteiger partial charge in [-0.25, -0.2) is 9.59 Å². The van der Waals surface area contributed by atoms with Crippen molar-refractivity contribution in [2.45, 2.75) is 44.8 Å². The van der Waals surface area contributed by atoms with Crippen LogP contribution >= 0.6 is 35.0 Å². The molecule has 32 heavy (non-hydrogen) atoms. The van der Waals surface area contributed by atoms with Gasteiger partial charge in [0.25, 0.3) is 0 Å². The van der Waals surface area contributed by atoms with Gasteiger partial charge in [-0.3, -0.25) is 9.69 Å². The maximum absolute atomic E-state index is 13.2. The second kappa shape index (κ2) is 10.2. The number of esters is 2. The third-order valence-corrected chi connectivity index (χ3v) is 6.85. The van der Waals surface area contributed by atoms with Crippen molar-refractivity contribution in [1.82, 2.24) is 4.90 Å². The zero-order valence-electron chi connectivity index (χ0n) is 17.9. The van der Waals surface area contributed by atoms with Crippen LogP contribution < -0.4 is 5.73 Å². The van der Waals surface area contributed by atoms with E-state index in [-0.39, 0.29) is 41.1 Å². The molecule has 1 amide bonds. The topological polar surface area (TPSA) is 98.9 Å². The Labute approximate surface area is 200 Å². The second-order valence-electron chi connectivity index (χ2n) is 7.26. The fourth-order valence-electron chi connectivity index (χ4n) is 3.57. The van der Waals surface area contributed by atoms with E-state index in [0.717, 1.165) is 6.42 Å². The molecule has 2 aliphatic heterocycles. The summed E-state index contributed by atoms with van der Waals surface area (Å²) in [6, 6.07) is 4.75. The molecule has 0 bridgehead atoms. The molecule has 2 N–H and O–H groups in total. The summed E-state index contributed by atoms with van der Waals surface area (Å²) in [4.78, 5) is 40.4. The van der Waals surface area contributed by atoms with Crippen LogP contribution in [0.25, 0.3) is 0 Å². The Hall–Kier alpha value is -2.16. The van der Waals surface area contributed by atoms with E-state index in [9.17, 15) is 14.4 Å². The Morgan fingerprint density at radius 3 is 2.47 bits per heavy atom. The van der Waals surface area contributed by atoms with Crippen molar-refractivity contribution in [3.05, 3.63) is 55.8 Å². The second-order valence-corrected chi connectivity index (χ2v) is 9.43. The number of hydrogen-bond acceptors (Lipinski definition) is 7. The molecule has 0 radical (unpaired) electrons. The number of fused-ring (bicyclic) bond motifs is 1. The Kier molecular flexibility index (Phi) is 7.79. The quantitative estimate of drug-likeness (QED) is 0.440. The number of amides is 1. The van der Waals surface area contributed by atoms with Crippen molar-refractivity contribution in [3.63, 3.8) is 0 Å². The van der Waals surface area contributed by atoms with Crippen molar-refractivity contribution < 1.29 is 23.9 Å². The molecular formula is C22H24Cl2N2O5S. The fourth-order valence-corrected chi connectivity index (χ4v) is 5.25. The number of thioether (sulfide) groups is 1. The summed E-state index contributed by atoms with van der Waals surface area (Å²) in [5.74, 6) is -2.77. The molecule has 1 aromatic carbocycles. The highest BCUT2D eigenvalue weighted by atomic mass is 35.5. The van der Waals surface area contributed by atoms with Crippen molar-refractivity contribution in [2.24, 2.45) is 5.73 Å². The lowest BCUT2D eigenvalue weighted by molar-refractivity contribution is -0.140. The average Bonchev–Trinajstić information content (AvgIpc) is 3.02. The Morgan fingerprint density at radius 1 is 1.16 bits per heavy atom. The highest BCUT2D eigenvalue weighted by Gasteiger charge is 2.49. The first-order valence-electron chi connectivity index (χ1n) is 10.3. The molecule has 0 saturated carbocycles. The van der Waals surface area contributed by atoms with Gasteiger partial charge in [-0.05, 0) is 38.0 Å². The molecule has 7 nitrogen and oxygen atoms in total. The number of nitrogens with two attached hydrogens (primary N) is 1. The summed E-state index contributed by atoms with van der Waals surface area (Å²) in [5, 5.41) is 0.473. The molecule has 0 spiro atoms. The lowest BCUT2D eigenvalue weighted by atomic mass is 9.82. The van der Waals surface area contributed by atoms with E-state index in [1.165, 1.54) is 22.7 Å². The molecular weight excluding hydrogens is 475 g/mol. The summed E-state index contributed by atoms with van der Waals surface area (Å²) < 4.78 is 10.7. The first-order chi connectivity index (χ1) is 15.2. The van der Waals surface area contributed by atoms with E-state index in [0.29, 0.717) is 22.0 Å². The highest BCUT2D eigenvalue weighted by Crippen LogP contribution is 2.51. The molecule has 3 rings (SSSR count). The van der Waals surface area contributed by atoms with E-state index in [4.69, 9.17) is 38.4 Å². The van der Waals surface area contributed by atoms with Crippen molar-refractivity contribution in [2.75, 3.05) is 13.2 Å². The van der Waals surface area contributed by atoms with Crippen LogP contribution in [0.2, 0.25) is 10.0 Å². The van der Waals surface area contributed by atoms with Crippen LogP contribution in [0.4, 0.5) is 0 Å². The number of halogens is 2. The molecule has 2 heterocycles. The highest BCUT2D eigenvalue weighted by molar-refractivity contribution is 8.04. The lowest BCUT2D eigenvalue weighted by Crippen LogP contribution is -2.40. The number of carbonyl (C=O) groups excluding carboxylic acids is 3. The molecule has 0 unspecified atom stereocenters. The van der Waals surface area contributed by atoms with Crippen LogP contribution in [0, 0.1) is 0 Å². The van der Waals surface area contributed by atoms with Crippen LogP contribution in [0.5, 0.6) is 0 Å². The summed E-state index contributed by atoms with van der Waals surface area (Å²) in [6.45, 7) is 5.64. The predicted molar refractivity (Wildman–Crippen MR) is 124 cm³/mol. The standard InChI is InChI=1S/C22H24Cl2N2O5S/c1-4-6-9-31-21(28)16-15(13-8-7-12(23)10-14(13)24)17(22(29)30-5-2)20-26(18(16)25)19(27)11(3)32-20/h7-8,10-11,15H,4-6,9,25H2,1-3H3/t11-,15+/m1/s1. The summed E-state index contributed by atoms with van der Waals surface area (Å²) in [5.41, 5.74) is 6.91. The zero-order chi connectivity index (χ0) is 23.6. The van der Waals surface area contributed by atoms with E-state index >= 15 is 0 Å².